The molecule has 0 saturated carbocycles. The molecule has 0 unspecified atom stereocenters. The van der Waals surface area contributed by atoms with Gasteiger partial charge in [-0.25, -0.2) is 12.1 Å². The maximum absolute atomic E-state index is 4.02. The molecule has 0 fully saturated rings. The fourth-order valence-electron chi connectivity index (χ4n) is 5.03. The maximum atomic E-state index is 4.02. The first kappa shape index (κ1) is 26.6. The normalized spacial score (nSPS) is 13.3. The molecule has 1 aliphatic carbocycles. The van der Waals surface area contributed by atoms with Gasteiger partial charge in [0, 0.05) is 5.54 Å². The van der Waals surface area contributed by atoms with Crippen LogP contribution in [0.2, 0.25) is 13.1 Å². The second-order valence-electron chi connectivity index (χ2n) is 10.2. The molecule has 0 amide bonds. The third kappa shape index (κ3) is 6.68. The first-order valence-electron chi connectivity index (χ1n) is 11.8. The van der Waals surface area contributed by atoms with Gasteiger partial charge in [0.25, 0.3) is 0 Å². The summed E-state index contributed by atoms with van der Waals surface area (Å²) < 4.78 is 0. The molecule has 4 rings (SSSR count). The van der Waals surface area contributed by atoms with Crippen LogP contribution in [0.15, 0.2) is 78.4 Å². The monoisotopic (exact) mass is 485 g/mol. The molecule has 1 N–H and O–H groups in total. The van der Waals surface area contributed by atoms with Crippen LogP contribution in [0, 0.1) is 0 Å². The van der Waals surface area contributed by atoms with Gasteiger partial charge >= 0.3 is 17.1 Å². The first-order chi connectivity index (χ1) is 14.7. The molecule has 0 atom stereocenters. The first-order valence-corrected chi connectivity index (χ1v) is 14.8. The Balaban J connectivity index is 0.000000534. The Morgan fingerprint density at radius 2 is 1.66 bits per heavy atom. The number of benzene rings is 1. The number of allylic oxidation sites excluding steroid dienone is 1. The summed E-state index contributed by atoms with van der Waals surface area (Å²) in [6, 6.07) is 25.7. The van der Waals surface area contributed by atoms with Crippen molar-refractivity contribution in [2.24, 2.45) is 0 Å². The van der Waals surface area contributed by atoms with Crippen molar-refractivity contribution >= 4 is 13.4 Å². The fraction of sp³-hybridized carbons (Fsp3) is 0.379. The van der Waals surface area contributed by atoms with Gasteiger partial charge < -0.3 is 4.98 Å². The van der Waals surface area contributed by atoms with Gasteiger partial charge in [-0.2, -0.15) is 30.3 Å². The second-order valence-corrected chi connectivity index (χ2v) is 14.2. The van der Waals surface area contributed by atoms with E-state index in [4.69, 9.17) is 0 Å². The van der Waals surface area contributed by atoms with E-state index in [9.17, 15) is 0 Å². The van der Waals surface area contributed by atoms with Crippen LogP contribution in [0.5, 0.6) is 0 Å². The molecular formula is C29H39FeNSi. The molecule has 0 spiro atoms. The van der Waals surface area contributed by atoms with E-state index in [0.717, 1.165) is 6.42 Å². The predicted molar refractivity (Wildman–Crippen MR) is 140 cm³/mol. The number of unbranched alkanes of at least 4 members (excludes halogenated alkanes) is 1. The summed E-state index contributed by atoms with van der Waals surface area (Å²) in [4.78, 5) is 4.02. The minimum atomic E-state index is -1.75. The number of hydrogen-bond acceptors (Lipinski definition) is 1. The molecule has 0 aromatic heterocycles. The van der Waals surface area contributed by atoms with Gasteiger partial charge in [0.15, 0.2) is 8.24 Å². The number of hydrogen-bond donors (Lipinski definition) is 1. The van der Waals surface area contributed by atoms with Crippen LogP contribution < -0.4 is 4.98 Å². The standard InChI is InChI=1S/C24H34NSi.C5H5.Fe/c1-7-8-12-19-17-22-20(18-13-9-10-14-18)15-11-16-21(22)23(19)26(5,6)25-24(2,3)4;1-2-4-5-3-1;/h9-11,13-16,25H,7-8,12,17H2,1-6H3;1-5H;/q2*-1;+2. The van der Waals surface area contributed by atoms with Gasteiger partial charge in [0.2, 0.25) is 0 Å². The molecular weight excluding hydrogens is 446 g/mol. The van der Waals surface area contributed by atoms with Crippen LogP contribution in [-0.2, 0) is 23.5 Å². The third-order valence-electron chi connectivity index (χ3n) is 5.86. The minimum absolute atomic E-state index is 0. The average Bonchev–Trinajstić information content (AvgIpc) is 3.46. The summed E-state index contributed by atoms with van der Waals surface area (Å²) in [6.45, 7) is 14.2. The molecule has 1 nitrogen and oxygen atoms in total. The van der Waals surface area contributed by atoms with E-state index in [-0.39, 0.29) is 22.6 Å². The molecule has 0 aliphatic heterocycles. The largest absolute Gasteiger partial charge is 2.00 e. The summed E-state index contributed by atoms with van der Waals surface area (Å²) in [6.07, 6.45) is 4.92. The van der Waals surface area contributed by atoms with E-state index < -0.39 is 8.24 Å². The Morgan fingerprint density at radius 3 is 2.19 bits per heavy atom. The topological polar surface area (TPSA) is 12.0 Å². The van der Waals surface area contributed by atoms with E-state index in [1.54, 1.807) is 16.3 Å². The van der Waals surface area contributed by atoms with Crippen LogP contribution in [0.4, 0.5) is 0 Å². The van der Waals surface area contributed by atoms with Gasteiger partial charge in [0.05, 0.1) is 0 Å². The third-order valence-corrected chi connectivity index (χ3v) is 9.11. The fourth-order valence-corrected chi connectivity index (χ4v) is 9.04. The van der Waals surface area contributed by atoms with Gasteiger partial charge in [0.1, 0.15) is 0 Å². The SMILES string of the molecule is CCCCC1=C([Si](C)(C)NC(C)(C)C)c2cccc(-[c-]3cccc3)c2C1.[Fe+2].c1cc[cH-]c1. The zero-order chi connectivity index (χ0) is 22.5. The van der Waals surface area contributed by atoms with Crippen molar-refractivity contribution in [3.8, 4) is 11.1 Å². The van der Waals surface area contributed by atoms with Crippen molar-refractivity contribution in [3.63, 3.8) is 0 Å². The molecule has 3 aromatic carbocycles. The number of rotatable bonds is 6. The van der Waals surface area contributed by atoms with Crippen molar-refractivity contribution in [1.82, 2.24) is 4.98 Å². The van der Waals surface area contributed by atoms with E-state index in [1.807, 2.05) is 30.3 Å². The molecule has 3 heteroatoms. The van der Waals surface area contributed by atoms with E-state index >= 15 is 0 Å². The molecule has 3 aromatic rings. The van der Waals surface area contributed by atoms with Crippen LogP contribution in [0.25, 0.3) is 16.3 Å². The Bertz CT molecular complexity index is 956. The van der Waals surface area contributed by atoms with Crippen LogP contribution in [0.1, 0.15) is 58.1 Å². The minimum Gasteiger partial charge on any atom is -0.329 e. The summed E-state index contributed by atoms with van der Waals surface area (Å²) in [5.74, 6) is 0. The van der Waals surface area contributed by atoms with E-state index in [0.29, 0.717) is 0 Å². The van der Waals surface area contributed by atoms with Crippen LogP contribution in [-0.4, -0.2) is 13.8 Å². The van der Waals surface area contributed by atoms with Crippen molar-refractivity contribution in [1.29, 1.82) is 0 Å². The van der Waals surface area contributed by atoms with Crippen LogP contribution >= 0.6 is 0 Å². The number of fused-ring (bicyclic) bond motifs is 1. The van der Waals surface area contributed by atoms with E-state index in [1.165, 1.54) is 36.0 Å². The Hall–Kier alpha value is -1.64. The zero-order valence-corrected chi connectivity index (χ0v) is 22.7. The molecule has 1 aliphatic rings. The van der Waals surface area contributed by atoms with Gasteiger partial charge in [-0.1, -0.05) is 60.8 Å². The van der Waals surface area contributed by atoms with Gasteiger partial charge in [-0.3, -0.25) is 0 Å². The zero-order valence-electron chi connectivity index (χ0n) is 20.6. The smallest absolute Gasteiger partial charge is 0.329 e. The molecule has 0 radical (unpaired) electrons. The molecule has 172 valence electrons. The summed E-state index contributed by atoms with van der Waals surface area (Å²) in [5, 5.41) is 1.67. The number of nitrogens with one attached hydrogen (secondary N) is 1. The Kier molecular flexibility index (Phi) is 9.54. The quantitative estimate of drug-likeness (QED) is 0.275. The Morgan fingerprint density at radius 1 is 1.00 bits per heavy atom. The predicted octanol–water partition coefficient (Wildman–Crippen LogP) is 8.11. The van der Waals surface area contributed by atoms with Gasteiger partial charge in [-0.05, 0) is 45.2 Å². The maximum Gasteiger partial charge on any atom is 2.00 e. The van der Waals surface area contributed by atoms with Crippen molar-refractivity contribution in [2.45, 2.75) is 72.0 Å². The van der Waals surface area contributed by atoms with Gasteiger partial charge in [-0.15, -0.1) is 23.8 Å². The van der Waals surface area contributed by atoms with Crippen molar-refractivity contribution in [2.75, 3.05) is 0 Å². The average molecular weight is 486 g/mol. The van der Waals surface area contributed by atoms with E-state index in [2.05, 4.69) is 88.2 Å². The molecule has 0 heterocycles. The summed E-state index contributed by atoms with van der Waals surface area (Å²) in [7, 11) is -1.75. The van der Waals surface area contributed by atoms with Crippen molar-refractivity contribution in [3.05, 3.63) is 89.5 Å². The molecule has 0 saturated heterocycles. The molecule has 32 heavy (non-hydrogen) atoms. The summed E-state index contributed by atoms with van der Waals surface area (Å²) >= 11 is 0. The Labute approximate surface area is 207 Å². The summed E-state index contributed by atoms with van der Waals surface area (Å²) in [5.41, 5.74) is 7.69. The molecule has 0 bridgehead atoms. The van der Waals surface area contributed by atoms with Crippen molar-refractivity contribution < 1.29 is 17.1 Å². The second kappa shape index (κ2) is 11.5. The van der Waals surface area contributed by atoms with Crippen LogP contribution in [0.3, 0.4) is 0 Å².